The summed E-state index contributed by atoms with van der Waals surface area (Å²) >= 11 is 3.75. The Morgan fingerprint density at radius 1 is 1.19 bits per heavy atom. The number of alkyl halides is 1. The van der Waals surface area contributed by atoms with E-state index in [1.54, 1.807) is 0 Å². The van der Waals surface area contributed by atoms with E-state index in [9.17, 15) is 0 Å². The molecule has 84 valence electrons. The van der Waals surface area contributed by atoms with Crippen molar-refractivity contribution >= 4 is 15.9 Å². The molecule has 0 aliphatic heterocycles. The van der Waals surface area contributed by atoms with E-state index < -0.39 is 0 Å². The van der Waals surface area contributed by atoms with E-state index in [2.05, 4.69) is 46.8 Å². The van der Waals surface area contributed by atoms with Gasteiger partial charge in [-0.25, -0.2) is 0 Å². The zero-order valence-electron chi connectivity index (χ0n) is 9.62. The Morgan fingerprint density at radius 2 is 1.94 bits per heavy atom. The summed E-state index contributed by atoms with van der Waals surface area (Å²) in [7, 11) is 0. The van der Waals surface area contributed by atoms with Crippen molar-refractivity contribution < 1.29 is 0 Å². The molecule has 1 aromatic carbocycles. The third-order valence-electron chi connectivity index (χ3n) is 3.38. The van der Waals surface area contributed by atoms with Gasteiger partial charge in [-0.3, -0.25) is 0 Å². The predicted molar refractivity (Wildman–Crippen MR) is 72.5 cm³/mol. The highest BCUT2D eigenvalue weighted by Crippen LogP contribution is 2.33. The van der Waals surface area contributed by atoms with Gasteiger partial charge in [0.2, 0.25) is 0 Å². The molecule has 2 unspecified atom stereocenters. The first-order chi connectivity index (χ1) is 7.77. The highest BCUT2D eigenvalue weighted by Gasteiger charge is 2.26. The van der Waals surface area contributed by atoms with Crippen LogP contribution in [0.15, 0.2) is 30.3 Å². The standard InChI is InChI=1S/C15H17Br/c1-12-14(8-5-9-15(12)16)11-10-13-6-3-2-4-7-13/h2-4,6-7,12,14-15H,5,8-9H2,1H3/t12?,14-,15?/m0/s1. The molecule has 1 aliphatic carbocycles. The Labute approximate surface area is 107 Å². The number of rotatable bonds is 0. The Balaban J connectivity index is 2.07. The second-order valence-corrected chi connectivity index (χ2v) is 5.72. The van der Waals surface area contributed by atoms with E-state index >= 15 is 0 Å². The normalized spacial score (nSPS) is 29.2. The maximum atomic E-state index is 3.75. The van der Waals surface area contributed by atoms with Crippen LogP contribution >= 0.6 is 15.9 Å². The van der Waals surface area contributed by atoms with Gasteiger partial charge in [-0.15, -0.1) is 0 Å². The van der Waals surface area contributed by atoms with Crippen molar-refractivity contribution in [3.63, 3.8) is 0 Å². The van der Waals surface area contributed by atoms with Crippen molar-refractivity contribution in [2.75, 3.05) is 0 Å². The molecule has 0 amide bonds. The summed E-state index contributed by atoms with van der Waals surface area (Å²) in [5.74, 6) is 7.96. The van der Waals surface area contributed by atoms with Crippen molar-refractivity contribution in [2.45, 2.75) is 31.0 Å². The fraction of sp³-hybridized carbons (Fsp3) is 0.467. The molecule has 0 nitrogen and oxygen atoms in total. The highest BCUT2D eigenvalue weighted by atomic mass is 79.9. The van der Waals surface area contributed by atoms with E-state index in [0.717, 1.165) is 5.56 Å². The fourth-order valence-corrected chi connectivity index (χ4v) is 2.90. The summed E-state index contributed by atoms with van der Waals surface area (Å²) in [6, 6.07) is 10.3. The van der Waals surface area contributed by atoms with Crippen molar-refractivity contribution in [1.82, 2.24) is 0 Å². The van der Waals surface area contributed by atoms with Crippen LogP contribution in [0, 0.1) is 23.7 Å². The van der Waals surface area contributed by atoms with Crippen molar-refractivity contribution in [3.05, 3.63) is 35.9 Å². The Bertz CT molecular complexity index is 385. The molecule has 0 radical (unpaired) electrons. The third-order valence-corrected chi connectivity index (χ3v) is 4.67. The molecule has 0 heterocycles. The monoisotopic (exact) mass is 276 g/mol. The SMILES string of the molecule is CC1C(Br)CCC[C@H]1C#Cc1ccccc1. The molecule has 2 rings (SSSR count). The van der Waals surface area contributed by atoms with Gasteiger partial charge in [0, 0.05) is 16.3 Å². The van der Waals surface area contributed by atoms with Crippen LogP contribution in [0.25, 0.3) is 0 Å². The summed E-state index contributed by atoms with van der Waals surface area (Å²) in [6.45, 7) is 2.31. The molecule has 0 spiro atoms. The molecule has 1 aromatic rings. The summed E-state index contributed by atoms with van der Waals surface area (Å²) in [6.07, 6.45) is 3.85. The van der Waals surface area contributed by atoms with Crippen LogP contribution in [0.1, 0.15) is 31.7 Å². The molecule has 0 aromatic heterocycles. The van der Waals surface area contributed by atoms with Crippen molar-refractivity contribution in [3.8, 4) is 11.8 Å². The van der Waals surface area contributed by atoms with E-state index in [4.69, 9.17) is 0 Å². The average molecular weight is 277 g/mol. The zero-order chi connectivity index (χ0) is 11.4. The molecule has 3 atom stereocenters. The Morgan fingerprint density at radius 3 is 2.69 bits per heavy atom. The minimum Gasteiger partial charge on any atom is -0.0942 e. The first kappa shape index (κ1) is 11.7. The molecule has 16 heavy (non-hydrogen) atoms. The summed E-state index contributed by atoms with van der Waals surface area (Å²) < 4.78 is 0. The van der Waals surface area contributed by atoms with Crippen LogP contribution in [0.2, 0.25) is 0 Å². The largest absolute Gasteiger partial charge is 0.0942 e. The first-order valence-corrected chi connectivity index (χ1v) is 6.89. The van der Waals surface area contributed by atoms with Crippen molar-refractivity contribution in [2.24, 2.45) is 11.8 Å². The lowest BCUT2D eigenvalue weighted by Crippen LogP contribution is -2.25. The second kappa shape index (κ2) is 5.55. The van der Waals surface area contributed by atoms with Gasteiger partial charge < -0.3 is 0 Å². The van der Waals surface area contributed by atoms with Gasteiger partial charge in [-0.1, -0.05) is 59.3 Å². The lowest BCUT2D eigenvalue weighted by atomic mass is 9.81. The van der Waals surface area contributed by atoms with Gasteiger partial charge in [0.15, 0.2) is 0 Å². The molecular formula is C15H17Br. The van der Waals surface area contributed by atoms with Crippen LogP contribution < -0.4 is 0 Å². The van der Waals surface area contributed by atoms with Crippen LogP contribution in [0.5, 0.6) is 0 Å². The molecular weight excluding hydrogens is 260 g/mol. The van der Waals surface area contributed by atoms with Crippen LogP contribution in [0.4, 0.5) is 0 Å². The fourth-order valence-electron chi connectivity index (χ4n) is 2.21. The minimum atomic E-state index is 0.554. The van der Waals surface area contributed by atoms with Crippen LogP contribution in [-0.2, 0) is 0 Å². The summed E-state index contributed by atoms with van der Waals surface area (Å²) in [4.78, 5) is 0.649. The molecule has 0 N–H and O–H groups in total. The maximum absolute atomic E-state index is 3.75. The molecule has 1 fully saturated rings. The number of benzene rings is 1. The number of halogens is 1. The molecule has 1 saturated carbocycles. The smallest absolute Gasteiger partial charge is 0.0245 e. The van der Waals surface area contributed by atoms with E-state index in [0.29, 0.717) is 16.7 Å². The topological polar surface area (TPSA) is 0 Å². The lowest BCUT2D eigenvalue weighted by Gasteiger charge is -2.29. The second-order valence-electron chi connectivity index (χ2n) is 4.55. The van der Waals surface area contributed by atoms with Gasteiger partial charge in [0.25, 0.3) is 0 Å². The Hall–Kier alpha value is -0.740. The van der Waals surface area contributed by atoms with Gasteiger partial charge in [0.05, 0.1) is 0 Å². The minimum absolute atomic E-state index is 0.554. The van der Waals surface area contributed by atoms with E-state index in [-0.39, 0.29) is 0 Å². The van der Waals surface area contributed by atoms with E-state index in [1.165, 1.54) is 19.3 Å². The zero-order valence-corrected chi connectivity index (χ0v) is 11.2. The van der Waals surface area contributed by atoms with Crippen molar-refractivity contribution in [1.29, 1.82) is 0 Å². The highest BCUT2D eigenvalue weighted by molar-refractivity contribution is 9.09. The number of hydrogen-bond acceptors (Lipinski definition) is 0. The van der Waals surface area contributed by atoms with Gasteiger partial charge in [0.1, 0.15) is 0 Å². The van der Waals surface area contributed by atoms with Gasteiger partial charge in [-0.05, 0) is 30.9 Å². The number of hydrogen-bond donors (Lipinski definition) is 0. The molecule has 1 heteroatoms. The quantitative estimate of drug-likeness (QED) is 0.491. The van der Waals surface area contributed by atoms with Crippen LogP contribution in [0.3, 0.4) is 0 Å². The van der Waals surface area contributed by atoms with Gasteiger partial charge in [-0.2, -0.15) is 0 Å². The Kier molecular flexibility index (Phi) is 4.07. The first-order valence-electron chi connectivity index (χ1n) is 5.98. The average Bonchev–Trinajstić information content (AvgIpc) is 2.32. The van der Waals surface area contributed by atoms with Gasteiger partial charge >= 0.3 is 0 Å². The van der Waals surface area contributed by atoms with Crippen LogP contribution in [-0.4, -0.2) is 4.83 Å². The van der Waals surface area contributed by atoms with E-state index in [1.807, 2.05) is 18.2 Å². The third kappa shape index (κ3) is 2.89. The molecule has 1 aliphatic rings. The lowest BCUT2D eigenvalue weighted by molar-refractivity contribution is 0.331. The maximum Gasteiger partial charge on any atom is 0.0245 e. The summed E-state index contributed by atoms with van der Waals surface area (Å²) in [5, 5.41) is 0. The summed E-state index contributed by atoms with van der Waals surface area (Å²) in [5.41, 5.74) is 1.13. The molecule has 0 bridgehead atoms. The molecule has 0 saturated heterocycles. The predicted octanol–water partition coefficient (Wildman–Crippen LogP) is 4.24.